The first kappa shape index (κ1) is 25.1. The number of sulfonamides is 1. The van der Waals surface area contributed by atoms with Crippen molar-refractivity contribution in [2.75, 3.05) is 19.6 Å². The fraction of sp³-hybridized carbons (Fsp3) is 0.458. The summed E-state index contributed by atoms with van der Waals surface area (Å²) in [6.45, 7) is 3.49. The molecular formula is C24H30N4O6S. The number of hydroxylamine groups is 1. The molecule has 1 aromatic carbocycles. The van der Waals surface area contributed by atoms with Crippen LogP contribution < -0.4 is 10.2 Å². The highest BCUT2D eigenvalue weighted by Crippen LogP contribution is 2.26. The molecule has 1 unspecified atom stereocenters. The third-order valence-electron chi connectivity index (χ3n) is 6.54. The predicted molar refractivity (Wildman–Crippen MR) is 126 cm³/mol. The standard InChI is InChI=1S/C24H30N4O6S/c1-16-13-18(21-5-3-4-6-22(21)25-16)15-34-19-7-9-20(10-8-19)35(32,33)27-11-12-28(17(2)29)23(14-27)24(30)26-31/h7-10,13,23,31H,3-6,11-12,14-15H2,1-2H3,(H,26,30). The Kier molecular flexibility index (Phi) is 7.39. The number of nitrogens with one attached hydrogen (secondary N) is 1. The zero-order valence-corrected chi connectivity index (χ0v) is 20.7. The van der Waals surface area contributed by atoms with Gasteiger partial charge in [0.25, 0.3) is 5.91 Å². The molecule has 2 aromatic rings. The first-order chi connectivity index (χ1) is 16.7. The van der Waals surface area contributed by atoms with Crippen LogP contribution in [-0.2, 0) is 39.1 Å². The predicted octanol–water partition coefficient (Wildman–Crippen LogP) is 1.57. The highest BCUT2D eigenvalue weighted by molar-refractivity contribution is 7.89. The number of aryl methyl sites for hydroxylation is 2. The van der Waals surface area contributed by atoms with E-state index >= 15 is 0 Å². The quantitative estimate of drug-likeness (QED) is 0.453. The van der Waals surface area contributed by atoms with Crippen molar-refractivity contribution in [3.05, 3.63) is 52.8 Å². The second kappa shape index (κ2) is 10.3. The van der Waals surface area contributed by atoms with Crippen molar-refractivity contribution < 1.29 is 28.0 Å². The molecule has 0 spiro atoms. The summed E-state index contributed by atoms with van der Waals surface area (Å²) < 4.78 is 33.5. The van der Waals surface area contributed by atoms with E-state index in [1.165, 1.54) is 35.0 Å². The number of piperazine rings is 1. The lowest BCUT2D eigenvalue weighted by Crippen LogP contribution is -2.60. The summed E-state index contributed by atoms with van der Waals surface area (Å²) in [4.78, 5) is 29.8. The Balaban J connectivity index is 1.46. The van der Waals surface area contributed by atoms with Crippen LogP contribution in [0.25, 0.3) is 0 Å². The molecule has 11 heteroatoms. The van der Waals surface area contributed by atoms with Crippen LogP contribution in [0.2, 0.25) is 0 Å². The topological polar surface area (TPSA) is 129 Å². The number of carbonyl (C=O) groups is 2. The minimum Gasteiger partial charge on any atom is -0.489 e. The average molecular weight is 503 g/mol. The van der Waals surface area contributed by atoms with E-state index in [1.807, 2.05) is 13.0 Å². The van der Waals surface area contributed by atoms with E-state index in [0.717, 1.165) is 46.9 Å². The van der Waals surface area contributed by atoms with Crippen LogP contribution in [0, 0.1) is 6.92 Å². The molecule has 4 rings (SSSR count). The zero-order chi connectivity index (χ0) is 25.2. The third kappa shape index (κ3) is 5.31. The number of benzene rings is 1. The molecule has 1 aromatic heterocycles. The molecule has 2 N–H and O–H groups in total. The van der Waals surface area contributed by atoms with Gasteiger partial charge in [-0.1, -0.05) is 0 Å². The number of rotatable bonds is 6. The summed E-state index contributed by atoms with van der Waals surface area (Å²) in [5.74, 6) is -0.665. The lowest BCUT2D eigenvalue weighted by molar-refractivity contribution is -0.145. The van der Waals surface area contributed by atoms with E-state index in [2.05, 4.69) is 4.98 Å². The number of fused-ring (bicyclic) bond motifs is 1. The lowest BCUT2D eigenvalue weighted by Gasteiger charge is -2.38. The summed E-state index contributed by atoms with van der Waals surface area (Å²) in [6, 6.07) is 7.09. The normalized spacial score (nSPS) is 18.6. The van der Waals surface area contributed by atoms with Crippen LogP contribution in [0.1, 0.15) is 42.3 Å². The number of carbonyl (C=O) groups excluding carboxylic acids is 2. The Morgan fingerprint density at radius 3 is 2.57 bits per heavy atom. The van der Waals surface area contributed by atoms with Gasteiger partial charge in [-0.25, -0.2) is 13.9 Å². The Morgan fingerprint density at radius 2 is 1.89 bits per heavy atom. The van der Waals surface area contributed by atoms with Crippen molar-refractivity contribution in [3.8, 4) is 5.75 Å². The Hall–Kier alpha value is -3.02. The second-order valence-electron chi connectivity index (χ2n) is 8.88. The van der Waals surface area contributed by atoms with Gasteiger partial charge in [-0.15, -0.1) is 0 Å². The summed E-state index contributed by atoms with van der Waals surface area (Å²) in [5, 5.41) is 9.01. The maximum atomic E-state index is 13.2. The van der Waals surface area contributed by atoms with E-state index in [4.69, 9.17) is 9.94 Å². The van der Waals surface area contributed by atoms with Crippen LogP contribution in [0.4, 0.5) is 0 Å². The third-order valence-corrected chi connectivity index (χ3v) is 8.42. The molecule has 2 heterocycles. The summed E-state index contributed by atoms with van der Waals surface area (Å²) in [5.41, 5.74) is 5.99. The molecule has 35 heavy (non-hydrogen) atoms. The largest absolute Gasteiger partial charge is 0.489 e. The average Bonchev–Trinajstić information content (AvgIpc) is 2.86. The van der Waals surface area contributed by atoms with Crippen LogP contribution in [0.15, 0.2) is 35.2 Å². The summed E-state index contributed by atoms with van der Waals surface area (Å²) in [6.07, 6.45) is 4.26. The monoisotopic (exact) mass is 502 g/mol. The van der Waals surface area contributed by atoms with Crippen molar-refractivity contribution in [2.45, 2.75) is 57.1 Å². The summed E-state index contributed by atoms with van der Waals surface area (Å²) >= 11 is 0. The fourth-order valence-corrected chi connectivity index (χ4v) is 6.18. The van der Waals surface area contributed by atoms with E-state index in [9.17, 15) is 18.0 Å². The molecular weight excluding hydrogens is 472 g/mol. The first-order valence-corrected chi connectivity index (χ1v) is 13.1. The fourth-order valence-electron chi connectivity index (χ4n) is 4.74. The number of nitrogens with zero attached hydrogens (tertiary/aromatic N) is 3. The van der Waals surface area contributed by atoms with Crippen molar-refractivity contribution in [1.82, 2.24) is 19.7 Å². The molecule has 0 saturated carbocycles. The highest BCUT2D eigenvalue weighted by atomic mass is 32.2. The maximum Gasteiger partial charge on any atom is 0.267 e. The molecule has 2 amide bonds. The van der Waals surface area contributed by atoms with Crippen LogP contribution in [-0.4, -0.2) is 65.3 Å². The van der Waals surface area contributed by atoms with Crippen LogP contribution in [0.3, 0.4) is 0 Å². The van der Waals surface area contributed by atoms with Crippen molar-refractivity contribution in [2.24, 2.45) is 0 Å². The highest BCUT2D eigenvalue weighted by Gasteiger charge is 2.38. The lowest BCUT2D eigenvalue weighted by atomic mass is 9.92. The number of pyridine rings is 1. The van der Waals surface area contributed by atoms with Crippen molar-refractivity contribution >= 4 is 21.8 Å². The number of ether oxygens (including phenoxy) is 1. The minimum absolute atomic E-state index is 0.0435. The molecule has 2 aliphatic rings. The molecule has 1 saturated heterocycles. The van der Waals surface area contributed by atoms with Gasteiger partial charge in [-0.3, -0.25) is 19.8 Å². The number of aromatic nitrogens is 1. The maximum absolute atomic E-state index is 13.2. The molecule has 1 atom stereocenters. The molecule has 0 radical (unpaired) electrons. The SMILES string of the molecule is CC(=O)N1CCN(S(=O)(=O)c2ccc(OCc3cc(C)nc4c3CCCC4)cc2)CC1C(=O)NO. The number of amides is 2. The first-order valence-electron chi connectivity index (χ1n) is 11.6. The van der Waals surface area contributed by atoms with E-state index in [0.29, 0.717) is 12.4 Å². The Bertz CT molecular complexity index is 1220. The molecule has 188 valence electrons. The van der Waals surface area contributed by atoms with Gasteiger partial charge in [0.05, 0.1) is 4.90 Å². The Morgan fingerprint density at radius 1 is 1.17 bits per heavy atom. The summed E-state index contributed by atoms with van der Waals surface area (Å²) in [7, 11) is -3.92. The van der Waals surface area contributed by atoms with Crippen LogP contribution >= 0.6 is 0 Å². The molecule has 1 fully saturated rings. The van der Waals surface area contributed by atoms with Gasteiger partial charge in [0.2, 0.25) is 15.9 Å². The molecule has 10 nitrogen and oxygen atoms in total. The van der Waals surface area contributed by atoms with E-state index in [1.54, 1.807) is 12.1 Å². The van der Waals surface area contributed by atoms with Crippen LogP contribution in [0.5, 0.6) is 5.75 Å². The van der Waals surface area contributed by atoms with Gasteiger partial charge in [-0.2, -0.15) is 4.31 Å². The Labute approximate surface area is 204 Å². The van der Waals surface area contributed by atoms with Gasteiger partial charge in [0.15, 0.2) is 0 Å². The van der Waals surface area contributed by atoms with Crippen molar-refractivity contribution in [1.29, 1.82) is 0 Å². The van der Waals surface area contributed by atoms with Gasteiger partial charge >= 0.3 is 0 Å². The van der Waals surface area contributed by atoms with Gasteiger partial charge < -0.3 is 9.64 Å². The van der Waals surface area contributed by atoms with E-state index < -0.39 is 22.0 Å². The number of hydrogen-bond donors (Lipinski definition) is 2. The zero-order valence-electron chi connectivity index (χ0n) is 19.9. The minimum atomic E-state index is -3.92. The molecule has 0 bridgehead atoms. The van der Waals surface area contributed by atoms with E-state index in [-0.39, 0.29) is 30.4 Å². The second-order valence-corrected chi connectivity index (χ2v) is 10.8. The molecule has 1 aliphatic heterocycles. The van der Waals surface area contributed by atoms with Crippen molar-refractivity contribution in [3.63, 3.8) is 0 Å². The van der Waals surface area contributed by atoms with Gasteiger partial charge in [-0.05, 0) is 74.1 Å². The molecule has 1 aliphatic carbocycles. The smallest absolute Gasteiger partial charge is 0.267 e. The van der Waals surface area contributed by atoms with Gasteiger partial charge in [0.1, 0.15) is 18.4 Å². The number of hydrogen-bond acceptors (Lipinski definition) is 7. The van der Waals surface area contributed by atoms with Gasteiger partial charge in [0, 0.05) is 37.9 Å².